The van der Waals surface area contributed by atoms with Gasteiger partial charge in [-0.1, -0.05) is 26.0 Å². The van der Waals surface area contributed by atoms with Crippen LogP contribution >= 0.6 is 0 Å². The lowest BCUT2D eigenvalue weighted by atomic mass is 9.83. The first-order chi connectivity index (χ1) is 9.94. The largest absolute Gasteiger partial charge is 0.399 e. The van der Waals surface area contributed by atoms with Crippen molar-refractivity contribution in [3.05, 3.63) is 29.8 Å². The van der Waals surface area contributed by atoms with E-state index in [1.807, 2.05) is 12.1 Å². The minimum Gasteiger partial charge on any atom is -0.399 e. The second kappa shape index (κ2) is 6.80. The number of nitrogen functional groups attached to an aromatic ring is 1. The van der Waals surface area contributed by atoms with Crippen molar-refractivity contribution in [1.29, 1.82) is 0 Å². The van der Waals surface area contributed by atoms with Crippen LogP contribution in [0.4, 0.5) is 5.69 Å². The molecule has 21 heavy (non-hydrogen) atoms. The molecule has 118 valence electrons. The van der Waals surface area contributed by atoms with Crippen molar-refractivity contribution in [1.82, 2.24) is 4.90 Å². The first-order valence-electron chi connectivity index (χ1n) is 8.03. The van der Waals surface area contributed by atoms with Gasteiger partial charge in [-0.05, 0) is 43.4 Å². The molecule has 0 bridgehead atoms. The topological polar surface area (TPSA) is 38.5 Å². The van der Waals surface area contributed by atoms with Crippen molar-refractivity contribution in [2.75, 3.05) is 32.5 Å². The summed E-state index contributed by atoms with van der Waals surface area (Å²) in [6.07, 6.45) is 2.76. The number of anilines is 1. The highest BCUT2D eigenvalue weighted by atomic mass is 16.5. The molecule has 0 saturated heterocycles. The summed E-state index contributed by atoms with van der Waals surface area (Å²) in [4.78, 5) is 2.59. The monoisotopic (exact) mass is 290 g/mol. The highest BCUT2D eigenvalue weighted by molar-refractivity contribution is 5.41. The van der Waals surface area contributed by atoms with Crippen molar-refractivity contribution in [2.24, 2.45) is 5.92 Å². The molecule has 1 aliphatic carbocycles. The number of nitrogens with two attached hydrogens (primary N) is 1. The Labute approximate surface area is 129 Å². The lowest BCUT2D eigenvalue weighted by molar-refractivity contribution is 0.101. The quantitative estimate of drug-likeness (QED) is 0.747. The predicted molar refractivity (Wildman–Crippen MR) is 89.5 cm³/mol. The molecule has 2 rings (SSSR count). The van der Waals surface area contributed by atoms with Crippen LogP contribution in [0.25, 0.3) is 0 Å². The molecule has 1 fully saturated rings. The highest BCUT2D eigenvalue weighted by Crippen LogP contribution is 2.36. The molecular formula is C18H30N2O. The van der Waals surface area contributed by atoms with Gasteiger partial charge in [-0.2, -0.15) is 0 Å². The van der Waals surface area contributed by atoms with E-state index in [0.717, 1.165) is 31.3 Å². The van der Waals surface area contributed by atoms with Crippen LogP contribution in [0.15, 0.2) is 24.3 Å². The van der Waals surface area contributed by atoms with E-state index in [2.05, 4.69) is 37.8 Å². The summed E-state index contributed by atoms with van der Waals surface area (Å²) in [5, 5.41) is 0. The predicted octanol–water partition coefficient (Wildman–Crippen LogP) is 3.29. The van der Waals surface area contributed by atoms with Crippen molar-refractivity contribution >= 4 is 5.69 Å². The average Bonchev–Trinajstić information content (AvgIpc) is 3.27. The van der Waals surface area contributed by atoms with E-state index < -0.39 is 0 Å². The van der Waals surface area contributed by atoms with E-state index in [9.17, 15) is 0 Å². The molecule has 0 amide bonds. The molecule has 1 atom stereocenters. The molecule has 0 aliphatic heterocycles. The van der Waals surface area contributed by atoms with Gasteiger partial charge in [-0.25, -0.2) is 0 Å². The number of benzene rings is 1. The second-order valence-corrected chi connectivity index (χ2v) is 7.05. The zero-order valence-electron chi connectivity index (χ0n) is 13.9. The van der Waals surface area contributed by atoms with Gasteiger partial charge in [0, 0.05) is 37.3 Å². The van der Waals surface area contributed by atoms with Gasteiger partial charge in [0.15, 0.2) is 0 Å². The summed E-state index contributed by atoms with van der Waals surface area (Å²) < 4.78 is 5.30. The first kappa shape index (κ1) is 16.3. The summed E-state index contributed by atoms with van der Waals surface area (Å²) in [5.41, 5.74) is 8.10. The molecular weight excluding hydrogens is 260 g/mol. The smallest absolute Gasteiger partial charge is 0.0589 e. The number of ether oxygens (including phenoxy) is 1. The maximum absolute atomic E-state index is 5.81. The van der Waals surface area contributed by atoms with Crippen molar-refractivity contribution in [3.8, 4) is 0 Å². The van der Waals surface area contributed by atoms with E-state index >= 15 is 0 Å². The van der Waals surface area contributed by atoms with Gasteiger partial charge in [0.25, 0.3) is 0 Å². The lowest BCUT2D eigenvalue weighted by Crippen LogP contribution is -2.44. The Hall–Kier alpha value is -1.06. The maximum atomic E-state index is 5.81. The van der Waals surface area contributed by atoms with Crippen molar-refractivity contribution < 1.29 is 4.74 Å². The third-order valence-corrected chi connectivity index (χ3v) is 4.75. The van der Waals surface area contributed by atoms with Gasteiger partial charge in [0.05, 0.1) is 6.61 Å². The number of hydrogen-bond donors (Lipinski definition) is 1. The number of rotatable bonds is 8. The van der Waals surface area contributed by atoms with Crippen molar-refractivity contribution in [3.63, 3.8) is 0 Å². The second-order valence-electron chi connectivity index (χ2n) is 7.05. The minimum absolute atomic E-state index is 0.116. The molecule has 1 saturated carbocycles. The van der Waals surface area contributed by atoms with Gasteiger partial charge < -0.3 is 10.5 Å². The zero-order valence-corrected chi connectivity index (χ0v) is 13.9. The molecule has 0 spiro atoms. The van der Waals surface area contributed by atoms with Crippen LogP contribution in [0.5, 0.6) is 0 Å². The first-order valence-corrected chi connectivity index (χ1v) is 8.03. The summed E-state index contributed by atoms with van der Waals surface area (Å²) >= 11 is 0. The van der Waals surface area contributed by atoms with Crippen LogP contribution in [0, 0.1) is 5.92 Å². The molecule has 1 unspecified atom stereocenters. The molecule has 1 aromatic rings. The highest BCUT2D eigenvalue weighted by Gasteiger charge is 2.34. The fourth-order valence-electron chi connectivity index (χ4n) is 3.05. The van der Waals surface area contributed by atoms with Gasteiger partial charge in [0.2, 0.25) is 0 Å². The normalized spacial score (nSPS) is 17.2. The van der Waals surface area contributed by atoms with Crippen LogP contribution in [0.2, 0.25) is 0 Å². The van der Waals surface area contributed by atoms with Gasteiger partial charge in [0.1, 0.15) is 0 Å². The fourth-order valence-corrected chi connectivity index (χ4v) is 3.05. The lowest BCUT2D eigenvalue weighted by Gasteiger charge is -2.37. The molecule has 0 radical (unpaired) electrons. The molecule has 3 heteroatoms. The minimum atomic E-state index is 0.116. The number of methoxy groups -OCH3 is 1. The summed E-state index contributed by atoms with van der Waals surface area (Å²) in [6.45, 7) is 9.86. The van der Waals surface area contributed by atoms with E-state index in [0.29, 0.717) is 6.04 Å². The van der Waals surface area contributed by atoms with Crippen LogP contribution in [0.1, 0.15) is 39.2 Å². The summed E-state index contributed by atoms with van der Waals surface area (Å²) in [5.74, 6) is 0.879. The van der Waals surface area contributed by atoms with E-state index in [4.69, 9.17) is 10.5 Å². The van der Waals surface area contributed by atoms with Crippen LogP contribution in [0.3, 0.4) is 0 Å². The SMILES string of the molecule is COCCN(CC(C)(C)c1ccc(N)cc1)C(C)C1CC1. The van der Waals surface area contributed by atoms with Crippen LogP contribution < -0.4 is 5.73 Å². The van der Waals surface area contributed by atoms with Crippen molar-refractivity contribution in [2.45, 2.75) is 45.1 Å². The average molecular weight is 290 g/mol. The summed E-state index contributed by atoms with van der Waals surface area (Å²) in [7, 11) is 1.78. The zero-order chi connectivity index (χ0) is 15.5. The molecule has 0 aromatic heterocycles. The Bertz CT molecular complexity index is 437. The van der Waals surface area contributed by atoms with E-state index in [1.165, 1.54) is 18.4 Å². The standard InChI is InChI=1S/C18H30N2O/c1-14(15-5-6-15)20(11-12-21-4)13-18(2,3)16-7-9-17(19)10-8-16/h7-10,14-15H,5-6,11-13,19H2,1-4H3. The Balaban J connectivity index is 2.07. The van der Waals surface area contributed by atoms with E-state index in [-0.39, 0.29) is 5.41 Å². The molecule has 1 aliphatic rings. The third-order valence-electron chi connectivity index (χ3n) is 4.75. The third kappa shape index (κ3) is 4.45. The Morgan fingerprint density at radius 3 is 2.43 bits per heavy atom. The number of hydrogen-bond acceptors (Lipinski definition) is 3. The fraction of sp³-hybridized carbons (Fsp3) is 0.667. The molecule has 0 heterocycles. The van der Waals surface area contributed by atoms with E-state index in [1.54, 1.807) is 7.11 Å². The molecule has 2 N–H and O–H groups in total. The maximum Gasteiger partial charge on any atom is 0.0589 e. The van der Waals surface area contributed by atoms with Crippen LogP contribution in [-0.2, 0) is 10.2 Å². The molecule has 1 aromatic carbocycles. The Morgan fingerprint density at radius 2 is 1.90 bits per heavy atom. The van der Waals surface area contributed by atoms with Gasteiger partial charge in [-0.15, -0.1) is 0 Å². The molecule has 3 nitrogen and oxygen atoms in total. The van der Waals surface area contributed by atoms with Crippen LogP contribution in [-0.4, -0.2) is 37.7 Å². The summed E-state index contributed by atoms with van der Waals surface area (Å²) in [6, 6.07) is 8.96. The van der Waals surface area contributed by atoms with Gasteiger partial charge in [-0.3, -0.25) is 4.90 Å². The Morgan fingerprint density at radius 1 is 1.29 bits per heavy atom. The Kier molecular flexibility index (Phi) is 5.28. The van der Waals surface area contributed by atoms with Gasteiger partial charge >= 0.3 is 0 Å². The number of nitrogens with zero attached hydrogens (tertiary/aromatic N) is 1.